The zero-order valence-corrected chi connectivity index (χ0v) is 12.1. The van der Waals surface area contributed by atoms with Crippen LogP contribution in [-0.2, 0) is 19.4 Å². The third kappa shape index (κ3) is 2.83. The summed E-state index contributed by atoms with van der Waals surface area (Å²) in [6.07, 6.45) is 4.64. The van der Waals surface area contributed by atoms with E-state index in [1.54, 1.807) is 6.33 Å². The Hall–Kier alpha value is -2.14. The highest BCUT2D eigenvalue weighted by Gasteiger charge is 2.19. The maximum atomic E-state index is 5.99. The van der Waals surface area contributed by atoms with Gasteiger partial charge in [-0.25, -0.2) is 9.97 Å². The van der Waals surface area contributed by atoms with Crippen LogP contribution < -0.4 is 15.2 Å². The van der Waals surface area contributed by atoms with Crippen LogP contribution in [0, 0.1) is 0 Å². The molecule has 110 valence electrons. The predicted molar refractivity (Wildman–Crippen MR) is 79.6 cm³/mol. The standard InChI is InChI=1S/C16H19N3O2/c1-2-20-15-8-11(9-17)6-7-14(15)21-16-12-4-3-5-13(12)18-10-19-16/h6-8,10H,2-5,9,17H2,1H3. The summed E-state index contributed by atoms with van der Waals surface area (Å²) < 4.78 is 11.6. The number of hydrogen-bond donors (Lipinski definition) is 1. The highest BCUT2D eigenvalue weighted by atomic mass is 16.5. The van der Waals surface area contributed by atoms with Crippen molar-refractivity contribution in [1.82, 2.24) is 9.97 Å². The van der Waals surface area contributed by atoms with Gasteiger partial charge >= 0.3 is 0 Å². The van der Waals surface area contributed by atoms with Crippen LogP contribution in [0.25, 0.3) is 0 Å². The van der Waals surface area contributed by atoms with E-state index in [-0.39, 0.29) is 0 Å². The number of benzene rings is 1. The summed E-state index contributed by atoms with van der Waals surface area (Å²) in [5.41, 5.74) is 8.89. The maximum absolute atomic E-state index is 5.99. The number of fused-ring (bicyclic) bond motifs is 1. The van der Waals surface area contributed by atoms with Crippen molar-refractivity contribution in [3.63, 3.8) is 0 Å². The molecule has 0 amide bonds. The van der Waals surface area contributed by atoms with Crippen LogP contribution in [0.3, 0.4) is 0 Å². The van der Waals surface area contributed by atoms with E-state index >= 15 is 0 Å². The van der Waals surface area contributed by atoms with Gasteiger partial charge in [0.1, 0.15) is 6.33 Å². The molecule has 2 aromatic rings. The van der Waals surface area contributed by atoms with Crippen molar-refractivity contribution in [3.8, 4) is 17.4 Å². The Balaban J connectivity index is 1.93. The first-order valence-electron chi connectivity index (χ1n) is 7.28. The van der Waals surface area contributed by atoms with Crippen molar-refractivity contribution in [2.24, 2.45) is 5.73 Å². The first kappa shape index (κ1) is 13.8. The van der Waals surface area contributed by atoms with Crippen molar-refractivity contribution in [1.29, 1.82) is 0 Å². The monoisotopic (exact) mass is 285 g/mol. The van der Waals surface area contributed by atoms with E-state index < -0.39 is 0 Å². The molecule has 1 aromatic heterocycles. The average Bonchev–Trinajstić information content (AvgIpc) is 2.99. The third-order valence-corrected chi connectivity index (χ3v) is 3.59. The molecule has 0 bridgehead atoms. The summed E-state index contributed by atoms with van der Waals surface area (Å²) in [7, 11) is 0. The van der Waals surface area contributed by atoms with Gasteiger partial charge in [-0.05, 0) is 43.9 Å². The van der Waals surface area contributed by atoms with E-state index in [0.717, 1.165) is 36.1 Å². The summed E-state index contributed by atoms with van der Waals surface area (Å²) in [6.45, 7) is 3.00. The van der Waals surface area contributed by atoms with Crippen LogP contribution >= 0.6 is 0 Å². The predicted octanol–water partition coefficient (Wildman–Crippen LogP) is 2.62. The van der Waals surface area contributed by atoms with E-state index in [4.69, 9.17) is 15.2 Å². The Morgan fingerprint density at radius 2 is 2.10 bits per heavy atom. The zero-order valence-electron chi connectivity index (χ0n) is 12.1. The molecule has 2 N–H and O–H groups in total. The Bertz CT molecular complexity index is 643. The molecular weight excluding hydrogens is 266 g/mol. The minimum absolute atomic E-state index is 0.475. The van der Waals surface area contributed by atoms with Crippen LogP contribution in [0.1, 0.15) is 30.2 Å². The van der Waals surface area contributed by atoms with Gasteiger partial charge in [0.25, 0.3) is 0 Å². The van der Waals surface area contributed by atoms with Gasteiger partial charge in [-0.2, -0.15) is 0 Å². The highest BCUT2D eigenvalue weighted by Crippen LogP contribution is 2.35. The smallest absolute Gasteiger partial charge is 0.225 e. The largest absolute Gasteiger partial charge is 0.490 e. The van der Waals surface area contributed by atoms with Crippen LogP contribution in [0.15, 0.2) is 24.5 Å². The summed E-state index contributed by atoms with van der Waals surface area (Å²) in [4.78, 5) is 8.58. The fourth-order valence-electron chi connectivity index (χ4n) is 2.55. The Labute approximate surface area is 124 Å². The number of aromatic nitrogens is 2. The summed E-state index contributed by atoms with van der Waals surface area (Å²) in [5.74, 6) is 2.01. The van der Waals surface area contributed by atoms with Crippen molar-refractivity contribution in [3.05, 3.63) is 41.3 Å². The summed E-state index contributed by atoms with van der Waals surface area (Å²) in [5, 5.41) is 0. The second-order valence-corrected chi connectivity index (χ2v) is 4.98. The lowest BCUT2D eigenvalue weighted by molar-refractivity contribution is 0.318. The fraction of sp³-hybridized carbons (Fsp3) is 0.375. The fourth-order valence-corrected chi connectivity index (χ4v) is 2.55. The summed E-state index contributed by atoms with van der Waals surface area (Å²) in [6, 6.07) is 5.75. The van der Waals surface area contributed by atoms with Gasteiger partial charge in [-0.1, -0.05) is 6.07 Å². The van der Waals surface area contributed by atoms with E-state index in [2.05, 4.69) is 9.97 Å². The van der Waals surface area contributed by atoms with E-state index in [0.29, 0.717) is 30.5 Å². The molecule has 1 aromatic carbocycles. The number of aryl methyl sites for hydroxylation is 1. The number of hydrogen-bond acceptors (Lipinski definition) is 5. The molecular formula is C16H19N3O2. The number of rotatable bonds is 5. The SMILES string of the molecule is CCOc1cc(CN)ccc1Oc1ncnc2c1CCC2. The number of nitrogens with zero attached hydrogens (tertiary/aromatic N) is 2. The lowest BCUT2D eigenvalue weighted by Crippen LogP contribution is -2.02. The molecule has 5 heteroatoms. The van der Waals surface area contributed by atoms with Gasteiger partial charge in [-0.15, -0.1) is 0 Å². The van der Waals surface area contributed by atoms with Crippen molar-refractivity contribution >= 4 is 0 Å². The minimum atomic E-state index is 0.475. The van der Waals surface area contributed by atoms with Gasteiger partial charge in [0, 0.05) is 12.1 Å². The quantitative estimate of drug-likeness (QED) is 0.914. The van der Waals surface area contributed by atoms with Gasteiger partial charge in [0.2, 0.25) is 5.88 Å². The lowest BCUT2D eigenvalue weighted by atomic mass is 10.2. The minimum Gasteiger partial charge on any atom is -0.490 e. The molecule has 0 spiro atoms. The van der Waals surface area contributed by atoms with Crippen LogP contribution in [0.5, 0.6) is 17.4 Å². The molecule has 21 heavy (non-hydrogen) atoms. The first-order chi connectivity index (χ1) is 10.3. The molecule has 0 unspecified atom stereocenters. The molecule has 5 nitrogen and oxygen atoms in total. The molecule has 0 saturated heterocycles. The van der Waals surface area contributed by atoms with Gasteiger partial charge in [0.05, 0.1) is 12.3 Å². The van der Waals surface area contributed by atoms with Crippen molar-refractivity contribution < 1.29 is 9.47 Å². The molecule has 1 heterocycles. The first-order valence-corrected chi connectivity index (χ1v) is 7.28. The lowest BCUT2D eigenvalue weighted by Gasteiger charge is -2.13. The molecule has 0 atom stereocenters. The van der Waals surface area contributed by atoms with E-state index in [9.17, 15) is 0 Å². The van der Waals surface area contributed by atoms with Crippen LogP contribution in [-0.4, -0.2) is 16.6 Å². The van der Waals surface area contributed by atoms with Crippen molar-refractivity contribution in [2.45, 2.75) is 32.7 Å². The van der Waals surface area contributed by atoms with E-state index in [1.807, 2.05) is 25.1 Å². The Morgan fingerprint density at radius 3 is 2.90 bits per heavy atom. The molecule has 1 aliphatic rings. The van der Waals surface area contributed by atoms with Gasteiger partial charge < -0.3 is 15.2 Å². The van der Waals surface area contributed by atoms with Gasteiger partial charge in [0.15, 0.2) is 11.5 Å². The molecule has 3 rings (SSSR count). The molecule has 0 saturated carbocycles. The van der Waals surface area contributed by atoms with Crippen molar-refractivity contribution in [2.75, 3.05) is 6.61 Å². The molecule has 0 radical (unpaired) electrons. The maximum Gasteiger partial charge on any atom is 0.225 e. The normalized spacial score (nSPS) is 13.0. The topological polar surface area (TPSA) is 70.3 Å². The second kappa shape index (κ2) is 6.10. The third-order valence-electron chi connectivity index (χ3n) is 3.59. The summed E-state index contributed by atoms with van der Waals surface area (Å²) >= 11 is 0. The molecule has 0 fully saturated rings. The molecule has 1 aliphatic carbocycles. The second-order valence-electron chi connectivity index (χ2n) is 4.98. The average molecular weight is 285 g/mol. The van der Waals surface area contributed by atoms with E-state index in [1.165, 1.54) is 0 Å². The number of ether oxygens (including phenoxy) is 2. The van der Waals surface area contributed by atoms with Crippen LogP contribution in [0.2, 0.25) is 0 Å². The number of nitrogens with two attached hydrogens (primary N) is 1. The zero-order chi connectivity index (χ0) is 14.7. The molecule has 0 aliphatic heterocycles. The van der Waals surface area contributed by atoms with Gasteiger partial charge in [-0.3, -0.25) is 0 Å². The Morgan fingerprint density at radius 1 is 1.19 bits per heavy atom. The Kier molecular flexibility index (Phi) is 4.01. The van der Waals surface area contributed by atoms with Crippen LogP contribution in [0.4, 0.5) is 0 Å². The highest BCUT2D eigenvalue weighted by molar-refractivity contribution is 5.46.